The van der Waals surface area contributed by atoms with Crippen LogP contribution >= 0.6 is 0 Å². The van der Waals surface area contributed by atoms with Crippen molar-refractivity contribution in [2.45, 2.75) is 38.0 Å². The SMILES string of the molecule is CC(C)N1CC2COCCN2C2(CN(Cc3ccccc3F)C2)C1. The van der Waals surface area contributed by atoms with Crippen LogP contribution in [0.5, 0.6) is 0 Å². The maximum absolute atomic E-state index is 13.9. The Bertz CT molecular complexity index is 588. The van der Waals surface area contributed by atoms with Gasteiger partial charge in [0.05, 0.1) is 18.8 Å². The summed E-state index contributed by atoms with van der Waals surface area (Å²) >= 11 is 0. The molecule has 5 heteroatoms. The second-order valence-corrected chi connectivity index (χ2v) is 7.91. The Hall–Kier alpha value is -1.01. The van der Waals surface area contributed by atoms with Crippen molar-refractivity contribution in [1.82, 2.24) is 14.7 Å². The first-order valence-corrected chi connectivity index (χ1v) is 9.12. The molecule has 4 rings (SSSR count). The molecule has 1 aromatic carbocycles. The minimum atomic E-state index is -0.0878. The highest BCUT2D eigenvalue weighted by Crippen LogP contribution is 2.37. The zero-order valence-electron chi connectivity index (χ0n) is 14.7. The Balaban J connectivity index is 1.47. The molecule has 1 atom stereocenters. The maximum Gasteiger partial charge on any atom is 0.127 e. The number of halogens is 1. The van der Waals surface area contributed by atoms with Crippen LogP contribution in [0.25, 0.3) is 0 Å². The molecule has 3 aliphatic rings. The molecule has 24 heavy (non-hydrogen) atoms. The van der Waals surface area contributed by atoms with Crippen molar-refractivity contribution in [2.75, 3.05) is 45.9 Å². The fraction of sp³-hybridized carbons (Fsp3) is 0.684. The van der Waals surface area contributed by atoms with Crippen LogP contribution in [0.3, 0.4) is 0 Å². The van der Waals surface area contributed by atoms with Gasteiger partial charge in [-0.2, -0.15) is 0 Å². The number of piperazine rings is 1. The summed E-state index contributed by atoms with van der Waals surface area (Å²) in [4.78, 5) is 7.66. The van der Waals surface area contributed by atoms with E-state index in [-0.39, 0.29) is 11.4 Å². The predicted octanol–water partition coefficient (Wildman–Crippen LogP) is 1.80. The van der Waals surface area contributed by atoms with E-state index in [0.717, 1.165) is 51.5 Å². The predicted molar refractivity (Wildman–Crippen MR) is 92.4 cm³/mol. The van der Waals surface area contributed by atoms with Gasteiger partial charge in [-0.3, -0.25) is 14.7 Å². The summed E-state index contributed by atoms with van der Waals surface area (Å²) in [5, 5.41) is 0. The highest BCUT2D eigenvalue weighted by Gasteiger charge is 2.54. The molecule has 0 aliphatic carbocycles. The monoisotopic (exact) mass is 333 g/mol. The van der Waals surface area contributed by atoms with Gasteiger partial charge in [0.2, 0.25) is 0 Å². The van der Waals surface area contributed by atoms with Crippen molar-refractivity contribution >= 4 is 0 Å². The topological polar surface area (TPSA) is 19.0 Å². The van der Waals surface area contributed by atoms with Gasteiger partial charge in [0.15, 0.2) is 0 Å². The minimum absolute atomic E-state index is 0.0878. The van der Waals surface area contributed by atoms with Crippen LogP contribution in [0.2, 0.25) is 0 Å². The Morgan fingerprint density at radius 1 is 1.25 bits per heavy atom. The highest BCUT2D eigenvalue weighted by molar-refractivity contribution is 5.19. The lowest BCUT2D eigenvalue weighted by Crippen LogP contribution is -2.80. The lowest BCUT2D eigenvalue weighted by molar-refractivity contribution is -0.171. The molecule has 3 aliphatic heterocycles. The quantitative estimate of drug-likeness (QED) is 0.840. The summed E-state index contributed by atoms with van der Waals surface area (Å²) in [5.41, 5.74) is 1.03. The van der Waals surface area contributed by atoms with Gasteiger partial charge >= 0.3 is 0 Å². The van der Waals surface area contributed by atoms with Crippen molar-refractivity contribution in [2.24, 2.45) is 0 Å². The third-order valence-electron chi connectivity index (χ3n) is 5.90. The molecule has 0 radical (unpaired) electrons. The minimum Gasteiger partial charge on any atom is -0.378 e. The molecule has 0 bridgehead atoms. The number of benzene rings is 1. The Morgan fingerprint density at radius 2 is 2.04 bits per heavy atom. The van der Waals surface area contributed by atoms with E-state index in [1.807, 2.05) is 12.1 Å². The number of morpholine rings is 1. The average Bonchev–Trinajstić information content (AvgIpc) is 2.55. The molecule has 4 nitrogen and oxygen atoms in total. The van der Waals surface area contributed by atoms with Crippen LogP contribution in [0.4, 0.5) is 4.39 Å². The van der Waals surface area contributed by atoms with Gasteiger partial charge in [-0.05, 0) is 19.9 Å². The van der Waals surface area contributed by atoms with E-state index in [1.165, 1.54) is 0 Å². The van der Waals surface area contributed by atoms with E-state index in [2.05, 4.69) is 28.5 Å². The van der Waals surface area contributed by atoms with E-state index in [1.54, 1.807) is 12.1 Å². The second-order valence-electron chi connectivity index (χ2n) is 7.91. The van der Waals surface area contributed by atoms with Crippen LogP contribution in [-0.2, 0) is 11.3 Å². The standard InChI is InChI=1S/C19H28FN3O/c1-15(2)22-10-17-11-24-8-7-23(17)19(14-22)12-21(13-19)9-16-5-3-4-6-18(16)20/h3-6,15,17H,7-14H2,1-2H3. The lowest BCUT2D eigenvalue weighted by atomic mass is 9.82. The molecule has 0 aromatic heterocycles. The number of rotatable bonds is 3. The molecular formula is C19H28FN3O. The zero-order chi connectivity index (χ0) is 16.7. The molecule has 132 valence electrons. The normalized spacial score (nSPS) is 28.1. The van der Waals surface area contributed by atoms with Gasteiger partial charge in [-0.15, -0.1) is 0 Å². The van der Waals surface area contributed by atoms with Crippen LogP contribution in [0, 0.1) is 5.82 Å². The van der Waals surface area contributed by atoms with E-state index in [0.29, 0.717) is 18.6 Å². The van der Waals surface area contributed by atoms with E-state index in [4.69, 9.17) is 4.74 Å². The molecular weight excluding hydrogens is 305 g/mol. The first-order chi connectivity index (χ1) is 11.6. The number of fused-ring (bicyclic) bond motifs is 2. The number of hydrogen-bond acceptors (Lipinski definition) is 4. The summed E-state index contributed by atoms with van der Waals surface area (Å²) in [6.07, 6.45) is 0. The number of ether oxygens (including phenoxy) is 1. The first-order valence-electron chi connectivity index (χ1n) is 9.12. The fourth-order valence-corrected chi connectivity index (χ4v) is 4.68. The Labute approximate surface area is 144 Å². The summed E-state index contributed by atoms with van der Waals surface area (Å²) < 4.78 is 19.7. The zero-order valence-corrected chi connectivity index (χ0v) is 14.7. The highest BCUT2D eigenvalue weighted by atomic mass is 19.1. The van der Waals surface area contributed by atoms with Gasteiger partial charge in [0, 0.05) is 56.9 Å². The molecule has 1 aromatic rings. The van der Waals surface area contributed by atoms with E-state index >= 15 is 0 Å². The Kier molecular flexibility index (Phi) is 4.37. The summed E-state index contributed by atoms with van der Waals surface area (Å²) in [6, 6.07) is 8.21. The van der Waals surface area contributed by atoms with Gasteiger partial charge < -0.3 is 4.74 Å². The van der Waals surface area contributed by atoms with Crippen molar-refractivity contribution < 1.29 is 9.13 Å². The van der Waals surface area contributed by atoms with Crippen molar-refractivity contribution in [3.05, 3.63) is 35.6 Å². The number of nitrogens with zero attached hydrogens (tertiary/aromatic N) is 3. The molecule has 3 heterocycles. The molecule has 0 saturated carbocycles. The van der Waals surface area contributed by atoms with Gasteiger partial charge in [-0.25, -0.2) is 4.39 Å². The van der Waals surface area contributed by atoms with Crippen LogP contribution in [0.15, 0.2) is 24.3 Å². The average molecular weight is 333 g/mol. The third-order valence-corrected chi connectivity index (χ3v) is 5.90. The van der Waals surface area contributed by atoms with Crippen molar-refractivity contribution in [3.63, 3.8) is 0 Å². The molecule has 1 unspecified atom stereocenters. The molecule has 0 amide bonds. The van der Waals surface area contributed by atoms with Crippen molar-refractivity contribution in [3.8, 4) is 0 Å². The molecule has 3 saturated heterocycles. The largest absolute Gasteiger partial charge is 0.378 e. The van der Waals surface area contributed by atoms with Gasteiger partial charge in [0.25, 0.3) is 0 Å². The van der Waals surface area contributed by atoms with Crippen molar-refractivity contribution in [1.29, 1.82) is 0 Å². The summed E-state index contributed by atoms with van der Waals surface area (Å²) in [7, 11) is 0. The van der Waals surface area contributed by atoms with Crippen LogP contribution in [-0.4, -0.2) is 78.3 Å². The molecule has 1 spiro atoms. The number of likely N-dealkylation sites (tertiary alicyclic amines) is 1. The van der Waals surface area contributed by atoms with Crippen LogP contribution in [0.1, 0.15) is 19.4 Å². The smallest absolute Gasteiger partial charge is 0.127 e. The first kappa shape index (κ1) is 16.5. The lowest BCUT2D eigenvalue weighted by Gasteiger charge is -2.64. The second kappa shape index (κ2) is 6.37. The Morgan fingerprint density at radius 3 is 2.79 bits per heavy atom. The fourth-order valence-electron chi connectivity index (χ4n) is 4.68. The maximum atomic E-state index is 13.9. The molecule has 0 N–H and O–H groups in total. The van der Waals surface area contributed by atoms with E-state index < -0.39 is 0 Å². The van der Waals surface area contributed by atoms with E-state index in [9.17, 15) is 4.39 Å². The van der Waals surface area contributed by atoms with Crippen LogP contribution < -0.4 is 0 Å². The van der Waals surface area contributed by atoms with Gasteiger partial charge in [-0.1, -0.05) is 18.2 Å². The summed E-state index contributed by atoms with van der Waals surface area (Å²) in [6.45, 7) is 12.3. The molecule has 3 fully saturated rings. The summed E-state index contributed by atoms with van der Waals surface area (Å²) in [5.74, 6) is -0.0878. The number of hydrogen-bond donors (Lipinski definition) is 0. The van der Waals surface area contributed by atoms with Gasteiger partial charge in [0.1, 0.15) is 5.82 Å². The third kappa shape index (κ3) is 2.88.